The van der Waals surface area contributed by atoms with E-state index in [-0.39, 0.29) is 12.0 Å². The van der Waals surface area contributed by atoms with Crippen molar-refractivity contribution in [2.24, 2.45) is 0 Å². The zero-order valence-electron chi connectivity index (χ0n) is 13.4. The van der Waals surface area contributed by atoms with Crippen LogP contribution in [0.15, 0.2) is 30.7 Å². The molecule has 126 valence electrons. The van der Waals surface area contributed by atoms with Gasteiger partial charge >= 0.3 is 0 Å². The van der Waals surface area contributed by atoms with Gasteiger partial charge in [-0.15, -0.1) is 0 Å². The maximum Gasteiger partial charge on any atom is 0.261 e. The predicted molar refractivity (Wildman–Crippen MR) is 86.1 cm³/mol. The number of nitrogens with zero attached hydrogens (tertiary/aromatic N) is 4. The number of carbonyl (C=O) groups is 1. The summed E-state index contributed by atoms with van der Waals surface area (Å²) >= 11 is 0. The number of fused-ring (bicyclic) bond motifs is 1. The van der Waals surface area contributed by atoms with Crippen LogP contribution in [0.1, 0.15) is 29.6 Å². The van der Waals surface area contributed by atoms with Crippen LogP contribution < -0.4 is 9.47 Å². The zero-order valence-corrected chi connectivity index (χ0v) is 13.4. The Morgan fingerprint density at radius 2 is 2.12 bits per heavy atom. The standard InChI is InChI=1S/C17H20N4O3/c22-16(15-11-19-21-9-2-10-23-17(15)21)20-8-1-3-14(12-20)24-13-4-6-18-7-5-13/h4-7,11,14H,1-3,8-10,12H2. The lowest BCUT2D eigenvalue weighted by atomic mass is 10.1. The SMILES string of the molecule is O=C(c1cnn2c1OCCC2)N1CCCC(Oc2ccncc2)C1. The highest BCUT2D eigenvalue weighted by Crippen LogP contribution is 2.25. The van der Waals surface area contributed by atoms with Crippen LogP contribution in [-0.2, 0) is 6.54 Å². The van der Waals surface area contributed by atoms with Gasteiger partial charge in [0, 0.05) is 31.9 Å². The maximum atomic E-state index is 12.9. The first-order valence-electron chi connectivity index (χ1n) is 8.36. The van der Waals surface area contributed by atoms with Crippen molar-refractivity contribution in [1.82, 2.24) is 19.7 Å². The van der Waals surface area contributed by atoms with Gasteiger partial charge in [-0.3, -0.25) is 9.78 Å². The molecule has 2 aromatic rings. The summed E-state index contributed by atoms with van der Waals surface area (Å²) in [4.78, 5) is 18.7. The Morgan fingerprint density at radius 3 is 3.00 bits per heavy atom. The van der Waals surface area contributed by atoms with E-state index in [1.807, 2.05) is 17.0 Å². The van der Waals surface area contributed by atoms with Crippen molar-refractivity contribution in [1.29, 1.82) is 0 Å². The highest BCUT2D eigenvalue weighted by molar-refractivity contribution is 5.96. The highest BCUT2D eigenvalue weighted by atomic mass is 16.5. The summed E-state index contributed by atoms with van der Waals surface area (Å²) < 4.78 is 13.4. The van der Waals surface area contributed by atoms with Gasteiger partial charge < -0.3 is 14.4 Å². The summed E-state index contributed by atoms with van der Waals surface area (Å²) in [6, 6.07) is 3.67. The third-order valence-corrected chi connectivity index (χ3v) is 4.39. The minimum absolute atomic E-state index is 0.00239. The van der Waals surface area contributed by atoms with Crippen molar-refractivity contribution in [3.8, 4) is 11.6 Å². The van der Waals surface area contributed by atoms with Crippen LogP contribution in [0.2, 0.25) is 0 Å². The second-order valence-electron chi connectivity index (χ2n) is 6.10. The van der Waals surface area contributed by atoms with Gasteiger partial charge in [-0.25, -0.2) is 4.68 Å². The molecule has 2 aromatic heterocycles. The molecule has 0 bridgehead atoms. The lowest BCUT2D eigenvalue weighted by Crippen LogP contribution is -2.44. The molecule has 24 heavy (non-hydrogen) atoms. The first-order valence-corrected chi connectivity index (χ1v) is 8.36. The number of amides is 1. The summed E-state index contributed by atoms with van der Waals surface area (Å²) in [5.74, 6) is 1.36. The van der Waals surface area contributed by atoms with Crippen molar-refractivity contribution in [3.63, 3.8) is 0 Å². The Kier molecular flexibility index (Phi) is 4.06. The first kappa shape index (κ1) is 15.0. The fourth-order valence-electron chi connectivity index (χ4n) is 3.21. The Bertz CT molecular complexity index is 716. The molecule has 1 fully saturated rings. The number of pyridine rings is 1. The van der Waals surface area contributed by atoms with E-state index in [4.69, 9.17) is 9.47 Å². The van der Waals surface area contributed by atoms with Crippen LogP contribution in [0.4, 0.5) is 0 Å². The van der Waals surface area contributed by atoms with Gasteiger partial charge in [-0.1, -0.05) is 0 Å². The van der Waals surface area contributed by atoms with Gasteiger partial charge in [0.15, 0.2) is 0 Å². The van der Waals surface area contributed by atoms with E-state index in [2.05, 4.69) is 10.1 Å². The second-order valence-corrected chi connectivity index (χ2v) is 6.10. The Morgan fingerprint density at radius 1 is 1.25 bits per heavy atom. The molecule has 0 N–H and O–H groups in total. The van der Waals surface area contributed by atoms with Gasteiger partial charge in [0.25, 0.3) is 5.91 Å². The number of likely N-dealkylation sites (tertiary alicyclic amines) is 1. The molecule has 4 rings (SSSR count). The summed E-state index contributed by atoms with van der Waals surface area (Å²) in [5.41, 5.74) is 0.555. The van der Waals surface area contributed by atoms with Gasteiger partial charge in [0.2, 0.25) is 5.88 Å². The molecule has 0 aliphatic carbocycles. The summed E-state index contributed by atoms with van der Waals surface area (Å²) in [5, 5.41) is 4.27. The number of carbonyl (C=O) groups excluding carboxylic acids is 1. The van der Waals surface area contributed by atoms with Crippen LogP contribution >= 0.6 is 0 Å². The van der Waals surface area contributed by atoms with Crippen molar-refractivity contribution < 1.29 is 14.3 Å². The van der Waals surface area contributed by atoms with Crippen LogP contribution in [0, 0.1) is 0 Å². The van der Waals surface area contributed by atoms with E-state index in [0.29, 0.717) is 24.6 Å². The third kappa shape index (κ3) is 2.93. The number of aryl methyl sites for hydroxylation is 1. The van der Waals surface area contributed by atoms with E-state index in [9.17, 15) is 4.79 Å². The molecule has 4 heterocycles. The van der Waals surface area contributed by atoms with Crippen LogP contribution in [0.5, 0.6) is 11.6 Å². The van der Waals surface area contributed by atoms with Crippen molar-refractivity contribution in [3.05, 3.63) is 36.3 Å². The van der Waals surface area contributed by atoms with E-state index in [1.54, 1.807) is 23.3 Å². The molecular weight excluding hydrogens is 308 g/mol. The molecule has 7 nitrogen and oxygen atoms in total. The average molecular weight is 328 g/mol. The maximum absolute atomic E-state index is 12.9. The molecule has 7 heteroatoms. The largest absolute Gasteiger partial charge is 0.488 e. The molecule has 0 radical (unpaired) electrons. The quantitative estimate of drug-likeness (QED) is 0.858. The molecule has 1 atom stereocenters. The van der Waals surface area contributed by atoms with Crippen molar-refractivity contribution in [2.75, 3.05) is 19.7 Å². The normalized spacial score (nSPS) is 20.2. The lowest BCUT2D eigenvalue weighted by Gasteiger charge is -2.33. The third-order valence-electron chi connectivity index (χ3n) is 4.39. The monoisotopic (exact) mass is 328 g/mol. The first-order chi connectivity index (χ1) is 11.8. The Labute approximate surface area is 140 Å². The van der Waals surface area contributed by atoms with Gasteiger partial charge in [-0.05, 0) is 25.0 Å². The molecule has 0 aromatic carbocycles. The molecule has 1 unspecified atom stereocenters. The topological polar surface area (TPSA) is 69.5 Å². The van der Waals surface area contributed by atoms with E-state index in [1.165, 1.54) is 0 Å². The average Bonchev–Trinajstić information content (AvgIpc) is 3.06. The number of ether oxygens (including phenoxy) is 2. The molecular formula is C17H20N4O3. The second kappa shape index (κ2) is 6.51. The highest BCUT2D eigenvalue weighted by Gasteiger charge is 2.30. The van der Waals surface area contributed by atoms with Crippen LogP contribution in [-0.4, -0.2) is 51.4 Å². The molecule has 0 saturated carbocycles. The molecule has 1 amide bonds. The summed E-state index contributed by atoms with van der Waals surface area (Å²) in [6.45, 7) is 2.75. The summed E-state index contributed by atoms with van der Waals surface area (Å²) in [7, 11) is 0. The predicted octanol–water partition coefficient (Wildman–Crippen LogP) is 1.74. The van der Waals surface area contributed by atoms with Crippen LogP contribution in [0.3, 0.4) is 0 Å². The molecule has 2 aliphatic rings. The fourth-order valence-corrected chi connectivity index (χ4v) is 3.21. The van der Waals surface area contributed by atoms with Crippen LogP contribution in [0.25, 0.3) is 0 Å². The van der Waals surface area contributed by atoms with Crippen molar-refractivity contribution >= 4 is 5.91 Å². The van der Waals surface area contributed by atoms with E-state index >= 15 is 0 Å². The number of hydrogen-bond donors (Lipinski definition) is 0. The minimum atomic E-state index is -0.0267. The number of hydrogen-bond acceptors (Lipinski definition) is 5. The number of rotatable bonds is 3. The number of piperidine rings is 1. The Hall–Kier alpha value is -2.57. The molecule has 0 spiro atoms. The number of aromatic nitrogens is 3. The molecule has 1 saturated heterocycles. The minimum Gasteiger partial charge on any atom is -0.488 e. The van der Waals surface area contributed by atoms with Crippen molar-refractivity contribution in [2.45, 2.75) is 31.9 Å². The molecule has 2 aliphatic heterocycles. The van der Waals surface area contributed by atoms with E-state index in [0.717, 1.165) is 38.1 Å². The fraction of sp³-hybridized carbons (Fsp3) is 0.471. The zero-order chi connectivity index (χ0) is 16.4. The van der Waals surface area contributed by atoms with Gasteiger partial charge in [0.05, 0.1) is 19.3 Å². The smallest absolute Gasteiger partial charge is 0.261 e. The lowest BCUT2D eigenvalue weighted by molar-refractivity contribution is 0.0532. The summed E-state index contributed by atoms with van der Waals surface area (Å²) in [6.07, 6.45) is 7.82. The van der Waals surface area contributed by atoms with Gasteiger partial charge in [0.1, 0.15) is 17.4 Å². The van der Waals surface area contributed by atoms with E-state index < -0.39 is 0 Å². The van der Waals surface area contributed by atoms with Gasteiger partial charge in [-0.2, -0.15) is 5.10 Å². The Balaban J connectivity index is 1.46.